The standard InChI is InChI=1S/C13H18FN3O3/c1-3-13(4-2,8-15)16-12(18)10-6-5-9(17(19)20)7-11(10)14/h5-7H,3-4,8,15H2,1-2H3,(H,16,18). The first-order chi connectivity index (χ1) is 9.39. The number of nitrogens with zero attached hydrogens (tertiary/aromatic N) is 1. The quantitative estimate of drug-likeness (QED) is 0.616. The minimum atomic E-state index is -0.921. The van der Waals surface area contributed by atoms with Crippen LogP contribution in [0.5, 0.6) is 0 Å². The van der Waals surface area contributed by atoms with Crippen molar-refractivity contribution in [1.82, 2.24) is 5.32 Å². The Morgan fingerprint density at radius 2 is 2.05 bits per heavy atom. The van der Waals surface area contributed by atoms with Crippen molar-refractivity contribution in [2.24, 2.45) is 5.73 Å². The molecule has 1 aromatic rings. The summed E-state index contributed by atoms with van der Waals surface area (Å²) in [4.78, 5) is 21.9. The van der Waals surface area contributed by atoms with Gasteiger partial charge in [-0.25, -0.2) is 4.39 Å². The molecule has 0 aromatic heterocycles. The average Bonchev–Trinajstić information content (AvgIpc) is 2.44. The van der Waals surface area contributed by atoms with Crippen molar-refractivity contribution in [2.75, 3.05) is 6.54 Å². The highest BCUT2D eigenvalue weighted by Crippen LogP contribution is 2.19. The fraction of sp³-hybridized carbons (Fsp3) is 0.462. The molecule has 0 saturated carbocycles. The molecule has 0 bridgehead atoms. The van der Waals surface area contributed by atoms with Crippen LogP contribution in [0.25, 0.3) is 0 Å². The van der Waals surface area contributed by atoms with Crippen molar-refractivity contribution < 1.29 is 14.1 Å². The number of nitro groups is 1. The normalized spacial score (nSPS) is 11.2. The van der Waals surface area contributed by atoms with Crippen LogP contribution in [-0.4, -0.2) is 22.9 Å². The Kier molecular flexibility index (Phi) is 5.15. The van der Waals surface area contributed by atoms with E-state index in [1.807, 2.05) is 13.8 Å². The monoisotopic (exact) mass is 283 g/mol. The van der Waals surface area contributed by atoms with E-state index in [2.05, 4.69) is 5.32 Å². The Labute approximate surface area is 116 Å². The molecule has 0 aliphatic heterocycles. The molecule has 0 aliphatic rings. The summed E-state index contributed by atoms with van der Waals surface area (Å²) < 4.78 is 13.8. The van der Waals surface area contributed by atoms with Gasteiger partial charge in [-0.3, -0.25) is 14.9 Å². The van der Waals surface area contributed by atoms with Gasteiger partial charge in [-0.1, -0.05) is 13.8 Å². The van der Waals surface area contributed by atoms with Crippen LogP contribution >= 0.6 is 0 Å². The molecule has 0 heterocycles. The van der Waals surface area contributed by atoms with Gasteiger partial charge in [0.25, 0.3) is 11.6 Å². The average molecular weight is 283 g/mol. The summed E-state index contributed by atoms with van der Waals surface area (Å²) in [6.45, 7) is 3.99. The number of hydrogen-bond donors (Lipinski definition) is 2. The third-order valence-corrected chi connectivity index (χ3v) is 3.53. The van der Waals surface area contributed by atoms with Crippen molar-refractivity contribution in [3.05, 3.63) is 39.7 Å². The van der Waals surface area contributed by atoms with Gasteiger partial charge in [0.05, 0.1) is 22.1 Å². The van der Waals surface area contributed by atoms with E-state index in [1.54, 1.807) is 0 Å². The molecule has 1 rings (SSSR count). The van der Waals surface area contributed by atoms with Gasteiger partial charge in [-0.2, -0.15) is 0 Å². The molecule has 6 nitrogen and oxygen atoms in total. The van der Waals surface area contributed by atoms with E-state index in [-0.39, 0.29) is 12.1 Å². The number of carbonyl (C=O) groups is 1. The lowest BCUT2D eigenvalue weighted by Crippen LogP contribution is -2.53. The van der Waals surface area contributed by atoms with Crippen LogP contribution in [0.1, 0.15) is 37.0 Å². The number of amides is 1. The lowest BCUT2D eigenvalue weighted by molar-refractivity contribution is -0.385. The number of halogens is 1. The van der Waals surface area contributed by atoms with Crippen molar-refractivity contribution in [2.45, 2.75) is 32.2 Å². The SMILES string of the molecule is CCC(CC)(CN)NC(=O)c1ccc([N+](=O)[O-])cc1F. The zero-order valence-corrected chi connectivity index (χ0v) is 11.5. The van der Waals surface area contributed by atoms with Gasteiger partial charge >= 0.3 is 0 Å². The number of nitro benzene ring substituents is 1. The number of nitrogens with two attached hydrogens (primary N) is 1. The molecule has 0 saturated heterocycles. The molecule has 0 atom stereocenters. The molecule has 0 fully saturated rings. The van der Waals surface area contributed by atoms with Crippen molar-refractivity contribution in [3.63, 3.8) is 0 Å². The molecule has 1 aromatic carbocycles. The summed E-state index contributed by atoms with van der Waals surface area (Å²) in [5, 5.41) is 13.2. The fourth-order valence-corrected chi connectivity index (χ4v) is 1.88. The van der Waals surface area contributed by atoms with Gasteiger partial charge in [0, 0.05) is 12.6 Å². The van der Waals surface area contributed by atoms with Crippen molar-refractivity contribution in [1.29, 1.82) is 0 Å². The molecular formula is C13H18FN3O3. The summed E-state index contributed by atoms with van der Waals surface area (Å²) in [6, 6.07) is 2.94. The highest BCUT2D eigenvalue weighted by molar-refractivity contribution is 5.95. The van der Waals surface area contributed by atoms with Gasteiger partial charge in [0.1, 0.15) is 5.82 Å². The van der Waals surface area contributed by atoms with Crippen LogP contribution in [0.15, 0.2) is 18.2 Å². The van der Waals surface area contributed by atoms with E-state index in [1.165, 1.54) is 0 Å². The lowest BCUT2D eigenvalue weighted by Gasteiger charge is -2.31. The van der Waals surface area contributed by atoms with E-state index < -0.39 is 27.9 Å². The second-order valence-electron chi connectivity index (χ2n) is 4.57. The Morgan fingerprint density at radius 1 is 1.45 bits per heavy atom. The van der Waals surface area contributed by atoms with E-state index >= 15 is 0 Å². The minimum absolute atomic E-state index is 0.227. The van der Waals surface area contributed by atoms with E-state index in [4.69, 9.17) is 5.73 Å². The molecule has 110 valence electrons. The second kappa shape index (κ2) is 6.42. The molecule has 0 aliphatic carbocycles. The van der Waals surface area contributed by atoms with Gasteiger partial charge < -0.3 is 11.1 Å². The molecule has 0 radical (unpaired) electrons. The topological polar surface area (TPSA) is 98.3 Å². The maximum atomic E-state index is 13.8. The van der Waals surface area contributed by atoms with Crippen molar-refractivity contribution in [3.8, 4) is 0 Å². The molecule has 0 unspecified atom stereocenters. The van der Waals surface area contributed by atoms with E-state index in [9.17, 15) is 19.3 Å². The van der Waals surface area contributed by atoms with Crippen LogP contribution in [0.4, 0.5) is 10.1 Å². The van der Waals surface area contributed by atoms with Gasteiger partial charge in [0.15, 0.2) is 0 Å². The highest BCUT2D eigenvalue weighted by atomic mass is 19.1. The number of rotatable bonds is 6. The summed E-state index contributed by atoms with van der Waals surface area (Å²) in [7, 11) is 0. The third-order valence-electron chi connectivity index (χ3n) is 3.53. The van der Waals surface area contributed by atoms with E-state index in [0.717, 1.165) is 18.2 Å². The number of nitrogens with one attached hydrogen (secondary N) is 1. The summed E-state index contributed by atoms with van der Waals surface area (Å²) in [5.41, 5.74) is 4.45. The van der Waals surface area contributed by atoms with E-state index in [0.29, 0.717) is 12.8 Å². The van der Waals surface area contributed by atoms with Crippen LogP contribution in [0, 0.1) is 15.9 Å². The predicted octanol–water partition coefficient (Wildman–Crippen LogP) is 1.98. The highest BCUT2D eigenvalue weighted by Gasteiger charge is 2.28. The van der Waals surface area contributed by atoms with Crippen LogP contribution in [0.2, 0.25) is 0 Å². The fourth-order valence-electron chi connectivity index (χ4n) is 1.88. The predicted molar refractivity (Wildman–Crippen MR) is 72.9 cm³/mol. The maximum absolute atomic E-state index is 13.8. The Morgan fingerprint density at radius 3 is 2.45 bits per heavy atom. The summed E-state index contributed by atoms with van der Waals surface area (Å²) >= 11 is 0. The number of benzene rings is 1. The molecular weight excluding hydrogens is 265 g/mol. The molecule has 0 spiro atoms. The Bertz CT molecular complexity index is 507. The smallest absolute Gasteiger partial charge is 0.272 e. The van der Waals surface area contributed by atoms with Crippen LogP contribution in [0.3, 0.4) is 0 Å². The summed E-state index contributed by atoms with van der Waals surface area (Å²) in [6.07, 6.45) is 1.22. The zero-order valence-electron chi connectivity index (χ0n) is 11.5. The van der Waals surface area contributed by atoms with Crippen LogP contribution < -0.4 is 11.1 Å². The number of non-ortho nitro benzene ring substituents is 1. The van der Waals surface area contributed by atoms with Gasteiger partial charge in [-0.05, 0) is 18.9 Å². The number of hydrogen-bond acceptors (Lipinski definition) is 4. The second-order valence-corrected chi connectivity index (χ2v) is 4.57. The van der Waals surface area contributed by atoms with Gasteiger partial charge in [-0.15, -0.1) is 0 Å². The summed E-state index contributed by atoms with van der Waals surface area (Å²) in [5.74, 6) is -1.54. The first kappa shape index (κ1) is 16.0. The first-order valence-electron chi connectivity index (χ1n) is 6.35. The Balaban J connectivity index is 3.01. The van der Waals surface area contributed by atoms with Gasteiger partial charge in [0.2, 0.25) is 0 Å². The Hall–Kier alpha value is -2.02. The maximum Gasteiger partial charge on any atom is 0.272 e. The van der Waals surface area contributed by atoms with Crippen molar-refractivity contribution >= 4 is 11.6 Å². The van der Waals surface area contributed by atoms with Crippen LogP contribution in [-0.2, 0) is 0 Å². The zero-order chi connectivity index (χ0) is 15.3. The largest absolute Gasteiger partial charge is 0.345 e. The third kappa shape index (κ3) is 3.30. The lowest BCUT2D eigenvalue weighted by atomic mass is 9.92. The molecule has 3 N–H and O–H groups in total. The first-order valence-corrected chi connectivity index (χ1v) is 6.35. The molecule has 20 heavy (non-hydrogen) atoms. The number of carbonyl (C=O) groups excluding carboxylic acids is 1. The molecule has 1 amide bonds. The minimum Gasteiger partial charge on any atom is -0.345 e. The molecule has 7 heteroatoms.